The summed E-state index contributed by atoms with van der Waals surface area (Å²) in [5, 5.41) is 0. The fourth-order valence-corrected chi connectivity index (χ4v) is 4.06. The lowest BCUT2D eigenvalue weighted by atomic mass is 10.0. The zero-order valence-electron chi connectivity index (χ0n) is 17.4. The van der Waals surface area contributed by atoms with Crippen LogP contribution in [0.3, 0.4) is 0 Å². The van der Waals surface area contributed by atoms with Crippen molar-refractivity contribution in [1.82, 2.24) is 9.80 Å². The highest BCUT2D eigenvalue weighted by Gasteiger charge is 2.32. The Kier molecular flexibility index (Phi) is 6.24. The summed E-state index contributed by atoms with van der Waals surface area (Å²) in [7, 11) is 1.62. The van der Waals surface area contributed by atoms with E-state index in [2.05, 4.69) is 4.90 Å². The van der Waals surface area contributed by atoms with Crippen molar-refractivity contribution in [2.45, 2.75) is 18.7 Å². The molecular formula is C22H26F3N3O3. The van der Waals surface area contributed by atoms with Gasteiger partial charge in [0.25, 0.3) is 5.91 Å². The van der Waals surface area contributed by atoms with E-state index in [1.807, 2.05) is 17.1 Å². The average Bonchev–Trinajstić information content (AvgIpc) is 2.78. The number of hydrogen-bond acceptors (Lipinski definition) is 5. The molecule has 168 valence electrons. The summed E-state index contributed by atoms with van der Waals surface area (Å²) in [4.78, 5) is 18.7. The number of amides is 1. The first-order valence-corrected chi connectivity index (χ1v) is 10.4. The van der Waals surface area contributed by atoms with Crippen LogP contribution in [-0.4, -0.2) is 74.9 Å². The van der Waals surface area contributed by atoms with Gasteiger partial charge in [-0.25, -0.2) is 0 Å². The van der Waals surface area contributed by atoms with Crippen LogP contribution >= 0.6 is 0 Å². The zero-order chi connectivity index (χ0) is 22.0. The molecule has 0 N–H and O–H groups in total. The molecular weight excluding hydrogens is 411 g/mol. The third-order valence-electron chi connectivity index (χ3n) is 5.95. The van der Waals surface area contributed by atoms with Gasteiger partial charge < -0.3 is 19.3 Å². The third kappa shape index (κ3) is 4.88. The van der Waals surface area contributed by atoms with Gasteiger partial charge >= 0.3 is 6.18 Å². The van der Waals surface area contributed by atoms with Crippen molar-refractivity contribution in [3.8, 4) is 0 Å². The fraction of sp³-hybridized carbons (Fsp3) is 0.500. The van der Waals surface area contributed by atoms with Crippen LogP contribution in [0.5, 0.6) is 0 Å². The second kappa shape index (κ2) is 8.92. The molecule has 2 fully saturated rings. The Labute approximate surface area is 179 Å². The van der Waals surface area contributed by atoms with Gasteiger partial charge in [-0.1, -0.05) is 6.07 Å². The maximum atomic E-state index is 13.0. The second-order valence-corrected chi connectivity index (χ2v) is 7.88. The Morgan fingerprint density at radius 3 is 2.65 bits per heavy atom. The molecule has 0 radical (unpaired) electrons. The van der Waals surface area contributed by atoms with Gasteiger partial charge in [0, 0.05) is 52.1 Å². The number of halogens is 3. The lowest BCUT2D eigenvalue weighted by molar-refractivity contribution is -0.137. The first kappa shape index (κ1) is 21.7. The minimum absolute atomic E-state index is 0.0538. The van der Waals surface area contributed by atoms with E-state index in [1.54, 1.807) is 18.1 Å². The maximum Gasteiger partial charge on any atom is 0.416 e. The summed E-state index contributed by atoms with van der Waals surface area (Å²) in [6.45, 7) is 4.16. The van der Waals surface area contributed by atoms with Crippen molar-refractivity contribution >= 4 is 11.6 Å². The van der Waals surface area contributed by atoms with Crippen LogP contribution in [0.25, 0.3) is 0 Å². The van der Waals surface area contributed by atoms with Crippen molar-refractivity contribution in [2.24, 2.45) is 0 Å². The maximum absolute atomic E-state index is 13.0. The van der Waals surface area contributed by atoms with E-state index in [-0.39, 0.29) is 18.7 Å². The molecule has 6 nitrogen and oxygen atoms in total. The summed E-state index contributed by atoms with van der Waals surface area (Å²) >= 11 is 0. The quantitative estimate of drug-likeness (QED) is 0.709. The highest BCUT2D eigenvalue weighted by Crippen LogP contribution is 2.32. The molecule has 31 heavy (non-hydrogen) atoms. The Morgan fingerprint density at radius 1 is 1.16 bits per heavy atom. The molecule has 2 heterocycles. The molecule has 0 aromatic heterocycles. The van der Waals surface area contributed by atoms with Gasteiger partial charge in [-0.05, 0) is 36.8 Å². The van der Waals surface area contributed by atoms with Gasteiger partial charge in [0.05, 0.1) is 17.2 Å². The Hall–Kier alpha value is -2.52. The molecule has 0 bridgehead atoms. The Bertz CT molecular complexity index is 876. The van der Waals surface area contributed by atoms with Gasteiger partial charge in [-0.2, -0.15) is 13.2 Å². The fourth-order valence-electron chi connectivity index (χ4n) is 4.06. The summed E-state index contributed by atoms with van der Waals surface area (Å²) < 4.78 is 50.0. The van der Waals surface area contributed by atoms with E-state index in [9.17, 15) is 18.0 Å². The zero-order valence-corrected chi connectivity index (χ0v) is 17.4. The van der Waals surface area contributed by atoms with Crippen molar-refractivity contribution in [1.29, 1.82) is 0 Å². The normalized spacial score (nSPS) is 22.6. The van der Waals surface area contributed by atoms with E-state index in [1.165, 1.54) is 12.1 Å². The topological polar surface area (TPSA) is 45.2 Å². The van der Waals surface area contributed by atoms with Crippen LogP contribution in [0.1, 0.15) is 12.0 Å². The monoisotopic (exact) mass is 437 g/mol. The number of rotatable bonds is 5. The smallest absolute Gasteiger partial charge is 0.416 e. The summed E-state index contributed by atoms with van der Waals surface area (Å²) in [6, 6.07) is 5.46. The number of nitrogens with zero attached hydrogens (tertiary/aromatic N) is 3. The number of fused-ring (bicyclic) bond motifs is 1. The number of alkyl halides is 3. The summed E-state index contributed by atoms with van der Waals surface area (Å²) in [6.07, 6.45) is -0.0509. The number of hydrogen-bond donors (Lipinski definition) is 0. The predicted octanol–water partition coefficient (Wildman–Crippen LogP) is 2.87. The molecule has 0 saturated carbocycles. The highest BCUT2D eigenvalue weighted by atomic mass is 19.4. The molecule has 1 aromatic rings. The van der Waals surface area contributed by atoms with E-state index in [0.717, 1.165) is 19.2 Å². The van der Waals surface area contributed by atoms with Crippen molar-refractivity contribution < 1.29 is 27.4 Å². The summed E-state index contributed by atoms with van der Waals surface area (Å²) in [5.74, 6) is 0.575. The third-order valence-corrected chi connectivity index (χ3v) is 5.95. The molecule has 2 aliphatic heterocycles. The van der Waals surface area contributed by atoms with Gasteiger partial charge in [-0.3, -0.25) is 9.69 Å². The molecule has 1 amide bonds. The van der Waals surface area contributed by atoms with Crippen LogP contribution < -0.4 is 4.90 Å². The largest absolute Gasteiger partial charge is 0.473 e. The Balaban J connectivity index is 1.29. The number of piperazine rings is 1. The van der Waals surface area contributed by atoms with Crippen LogP contribution in [0.15, 0.2) is 47.7 Å². The molecule has 3 aliphatic rings. The van der Waals surface area contributed by atoms with Gasteiger partial charge in [0.15, 0.2) is 6.73 Å². The molecule has 4 rings (SSSR count). The average molecular weight is 437 g/mol. The first-order valence-electron chi connectivity index (χ1n) is 10.4. The van der Waals surface area contributed by atoms with Crippen LogP contribution in [0.2, 0.25) is 0 Å². The number of carbonyl (C=O) groups excluding carboxylic acids is 1. The molecule has 1 atom stereocenters. The minimum atomic E-state index is -4.34. The number of ether oxygens (including phenoxy) is 2. The van der Waals surface area contributed by atoms with Gasteiger partial charge in [-0.15, -0.1) is 0 Å². The van der Waals surface area contributed by atoms with Crippen LogP contribution in [0.4, 0.5) is 18.9 Å². The van der Waals surface area contributed by atoms with Crippen molar-refractivity contribution in [2.75, 3.05) is 58.0 Å². The SMILES string of the molecule is COC1C=C2C(=O)N(CCN3CCN(c4cccc(C(F)(F)F)c4)CC3)COC2=CC1. The second-order valence-electron chi connectivity index (χ2n) is 7.88. The molecule has 1 aromatic carbocycles. The lowest BCUT2D eigenvalue weighted by Gasteiger charge is -2.38. The van der Waals surface area contributed by atoms with Gasteiger partial charge in [0.1, 0.15) is 5.76 Å². The van der Waals surface area contributed by atoms with Gasteiger partial charge in [0.2, 0.25) is 0 Å². The van der Waals surface area contributed by atoms with Crippen LogP contribution in [-0.2, 0) is 20.4 Å². The first-order chi connectivity index (χ1) is 14.8. The standard InChI is InChI=1S/C22H26F3N3O3/c1-30-18-5-6-20-19(14-18)21(29)28(15-31-20)12-9-26-7-10-27(11-8-26)17-4-2-3-16(13-17)22(23,24)25/h2-4,6,13-14,18H,5,7-12,15H2,1H3. The molecule has 1 unspecified atom stereocenters. The number of anilines is 1. The number of methoxy groups -OCH3 is 1. The molecule has 0 spiro atoms. The Morgan fingerprint density at radius 2 is 1.94 bits per heavy atom. The minimum Gasteiger partial charge on any atom is -0.473 e. The van der Waals surface area contributed by atoms with E-state index >= 15 is 0 Å². The van der Waals surface area contributed by atoms with E-state index < -0.39 is 11.7 Å². The molecule has 1 aliphatic carbocycles. The predicted molar refractivity (Wildman–Crippen MR) is 109 cm³/mol. The summed E-state index contributed by atoms with van der Waals surface area (Å²) in [5.41, 5.74) is 0.515. The molecule has 2 saturated heterocycles. The lowest BCUT2D eigenvalue weighted by Crippen LogP contribution is -2.50. The van der Waals surface area contributed by atoms with E-state index in [4.69, 9.17) is 9.47 Å². The van der Waals surface area contributed by atoms with Crippen LogP contribution in [0, 0.1) is 0 Å². The van der Waals surface area contributed by atoms with Crippen molar-refractivity contribution in [3.63, 3.8) is 0 Å². The highest BCUT2D eigenvalue weighted by molar-refractivity contribution is 5.98. The van der Waals surface area contributed by atoms with Crippen molar-refractivity contribution in [3.05, 3.63) is 53.3 Å². The number of carbonyl (C=O) groups is 1. The molecule has 9 heteroatoms. The number of benzene rings is 1. The van der Waals surface area contributed by atoms with E-state index in [0.29, 0.717) is 49.6 Å².